The minimum absolute atomic E-state index is 0.0426. The number of amides is 2. The lowest BCUT2D eigenvalue weighted by molar-refractivity contribution is -0.143. The SMILES string of the molecule is CC[C@@H](C)NC(=O)[C@@H](Cc1ccccc1)N(Cc1ccc(Cl)cc1Cl)C(=O)COc1ccccc1F. The van der Waals surface area contributed by atoms with Gasteiger partial charge >= 0.3 is 0 Å². The van der Waals surface area contributed by atoms with Crippen LogP contribution in [0.1, 0.15) is 31.4 Å². The van der Waals surface area contributed by atoms with E-state index in [0.29, 0.717) is 15.6 Å². The minimum Gasteiger partial charge on any atom is -0.481 e. The van der Waals surface area contributed by atoms with Gasteiger partial charge < -0.3 is 15.0 Å². The Morgan fingerprint density at radius 2 is 1.72 bits per heavy atom. The number of nitrogens with one attached hydrogen (secondary N) is 1. The highest BCUT2D eigenvalue weighted by molar-refractivity contribution is 6.35. The van der Waals surface area contributed by atoms with E-state index in [1.807, 2.05) is 44.2 Å². The van der Waals surface area contributed by atoms with Gasteiger partial charge in [0.2, 0.25) is 5.91 Å². The van der Waals surface area contributed by atoms with Gasteiger partial charge in [-0.25, -0.2) is 4.39 Å². The number of carbonyl (C=O) groups excluding carboxylic acids is 2. The van der Waals surface area contributed by atoms with E-state index in [1.54, 1.807) is 24.3 Å². The molecule has 190 valence electrons. The molecule has 0 unspecified atom stereocenters. The molecule has 36 heavy (non-hydrogen) atoms. The molecule has 0 aromatic heterocycles. The summed E-state index contributed by atoms with van der Waals surface area (Å²) in [7, 11) is 0. The first-order valence-electron chi connectivity index (χ1n) is 11.7. The number of ether oxygens (including phenoxy) is 1. The summed E-state index contributed by atoms with van der Waals surface area (Å²) < 4.78 is 19.6. The summed E-state index contributed by atoms with van der Waals surface area (Å²) in [6.45, 7) is 3.46. The first kappa shape index (κ1) is 27.5. The topological polar surface area (TPSA) is 58.6 Å². The molecule has 0 saturated heterocycles. The molecule has 5 nitrogen and oxygen atoms in total. The van der Waals surface area contributed by atoms with Crippen molar-refractivity contribution in [3.05, 3.63) is 99.8 Å². The van der Waals surface area contributed by atoms with Crippen molar-refractivity contribution in [2.45, 2.75) is 45.3 Å². The van der Waals surface area contributed by atoms with Gasteiger partial charge in [0, 0.05) is 29.1 Å². The quantitative estimate of drug-likeness (QED) is 0.327. The van der Waals surface area contributed by atoms with Gasteiger partial charge in [-0.2, -0.15) is 0 Å². The lowest BCUT2D eigenvalue weighted by atomic mass is 10.0. The Hall–Kier alpha value is -3.09. The second-order valence-electron chi connectivity index (χ2n) is 8.50. The lowest BCUT2D eigenvalue weighted by Crippen LogP contribution is -2.53. The number of hydrogen-bond acceptors (Lipinski definition) is 3. The van der Waals surface area contributed by atoms with Gasteiger partial charge in [0.05, 0.1) is 0 Å². The molecule has 2 atom stereocenters. The summed E-state index contributed by atoms with van der Waals surface area (Å²) in [5.41, 5.74) is 1.51. The summed E-state index contributed by atoms with van der Waals surface area (Å²) >= 11 is 12.5. The third-order valence-electron chi connectivity index (χ3n) is 5.82. The summed E-state index contributed by atoms with van der Waals surface area (Å²) in [4.78, 5) is 28.4. The molecule has 1 N–H and O–H groups in total. The van der Waals surface area contributed by atoms with Gasteiger partial charge in [0.25, 0.3) is 5.91 Å². The molecule has 3 aromatic carbocycles. The van der Waals surface area contributed by atoms with E-state index in [2.05, 4.69) is 5.32 Å². The first-order valence-corrected chi connectivity index (χ1v) is 12.5. The Labute approximate surface area is 221 Å². The molecular weight excluding hydrogens is 502 g/mol. The highest BCUT2D eigenvalue weighted by atomic mass is 35.5. The maximum Gasteiger partial charge on any atom is 0.261 e. The van der Waals surface area contributed by atoms with E-state index in [0.717, 1.165) is 12.0 Å². The van der Waals surface area contributed by atoms with Crippen LogP contribution >= 0.6 is 23.2 Å². The fourth-order valence-electron chi connectivity index (χ4n) is 3.61. The minimum atomic E-state index is -0.857. The van der Waals surface area contributed by atoms with Crippen molar-refractivity contribution in [3.8, 4) is 5.75 Å². The van der Waals surface area contributed by atoms with Gasteiger partial charge in [0.15, 0.2) is 18.2 Å². The lowest BCUT2D eigenvalue weighted by Gasteiger charge is -2.32. The van der Waals surface area contributed by atoms with E-state index in [4.69, 9.17) is 27.9 Å². The van der Waals surface area contributed by atoms with Gasteiger partial charge in [-0.1, -0.05) is 78.7 Å². The van der Waals surface area contributed by atoms with Crippen molar-refractivity contribution in [3.63, 3.8) is 0 Å². The zero-order valence-corrected chi connectivity index (χ0v) is 21.7. The number of nitrogens with zero attached hydrogens (tertiary/aromatic N) is 1. The molecule has 8 heteroatoms. The highest BCUT2D eigenvalue weighted by Gasteiger charge is 2.31. The van der Waals surface area contributed by atoms with Crippen LogP contribution in [0.25, 0.3) is 0 Å². The van der Waals surface area contributed by atoms with Crippen molar-refractivity contribution in [2.24, 2.45) is 0 Å². The zero-order chi connectivity index (χ0) is 26.1. The van der Waals surface area contributed by atoms with Crippen molar-refractivity contribution in [1.82, 2.24) is 10.2 Å². The van der Waals surface area contributed by atoms with Crippen molar-refractivity contribution < 1.29 is 18.7 Å². The molecule has 3 aromatic rings. The molecule has 3 rings (SSSR count). The van der Waals surface area contributed by atoms with Crippen LogP contribution in [0.4, 0.5) is 4.39 Å². The fraction of sp³-hybridized carbons (Fsp3) is 0.286. The predicted octanol–water partition coefficient (Wildman–Crippen LogP) is 6.07. The van der Waals surface area contributed by atoms with Gasteiger partial charge in [0.1, 0.15) is 6.04 Å². The molecule has 0 aliphatic carbocycles. The number of benzene rings is 3. The smallest absolute Gasteiger partial charge is 0.261 e. The molecule has 0 fully saturated rings. The van der Waals surface area contributed by atoms with E-state index in [-0.39, 0.29) is 30.7 Å². The molecular formula is C28H29Cl2FN2O3. The summed E-state index contributed by atoms with van der Waals surface area (Å²) in [5, 5.41) is 3.82. The molecule has 0 saturated carbocycles. The summed E-state index contributed by atoms with van der Waals surface area (Å²) in [6.07, 6.45) is 1.01. The molecule has 0 radical (unpaired) electrons. The number of rotatable bonds is 11. The summed E-state index contributed by atoms with van der Waals surface area (Å²) in [6, 6.07) is 19.3. The number of para-hydroxylation sites is 1. The van der Waals surface area contributed by atoms with Crippen LogP contribution in [0.2, 0.25) is 10.0 Å². The van der Waals surface area contributed by atoms with Crippen LogP contribution in [0.5, 0.6) is 5.75 Å². The van der Waals surface area contributed by atoms with E-state index < -0.39 is 24.4 Å². The highest BCUT2D eigenvalue weighted by Crippen LogP contribution is 2.24. The van der Waals surface area contributed by atoms with Crippen molar-refractivity contribution in [1.29, 1.82) is 0 Å². The Kier molecular flexibility index (Phi) is 10.1. The Morgan fingerprint density at radius 3 is 2.39 bits per heavy atom. The van der Waals surface area contributed by atoms with Crippen LogP contribution in [0.15, 0.2) is 72.8 Å². The Morgan fingerprint density at radius 1 is 1.03 bits per heavy atom. The zero-order valence-electron chi connectivity index (χ0n) is 20.2. The fourth-order valence-corrected chi connectivity index (χ4v) is 4.08. The predicted molar refractivity (Wildman–Crippen MR) is 141 cm³/mol. The Balaban J connectivity index is 1.95. The largest absolute Gasteiger partial charge is 0.481 e. The van der Waals surface area contributed by atoms with E-state index in [9.17, 15) is 14.0 Å². The standard InChI is InChI=1S/C28H29Cl2FN2O3/c1-3-19(2)32-28(35)25(15-20-9-5-4-6-10-20)33(17-21-13-14-22(29)16-23(21)30)27(34)18-36-26-12-8-7-11-24(26)31/h4-14,16,19,25H,3,15,17-18H2,1-2H3,(H,32,35)/t19-,25-/m1/s1. The Bertz CT molecular complexity index is 1180. The third kappa shape index (κ3) is 7.70. The van der Waals surface area contributed by atoms with Crippen molar-refractivity contribution in [2.75, 3.05) is 6.61 Å². The summed E-state index contributed by atoms with van der Waals surface area (Å²) in [5.74, 6) is -1.39. The van der Waals surface area contributed by atoms with Crippen LogP contribution in [-0.2, 0) is 22.6 Å². The number of halogens is 3. The molecule has 0 heterocycles. The molecule has 0 aliphatic heterocycles. The second kappa shape index (κ2) is 13.3. The maximum atomic E-state index is 14.1. The average molecular weight is 531 g/mol. The molecule has 0 bridgehead atoms. The van der Waals surface area contributed by atoms with Crippen LogP contribution in [-0.4, -0.2) is 35.4 Å². The average Bonchev–Trinajstić information content (AvgIpc) is 2.87. The number of carbonyl (C=O) groups is 2. The first-order chi connectivity index (χ1) is 17.3. The van der Waals surface area contributed by atoms with Crippen molar-refractivity contribution >= 4 is 35.0 Å². The third-order valence-corrected chi connectivity index (χ3v) is 6.40. The van der Waals surface area contributed by atoms with E-state index >= 15 is 0 Å². The van der Waals surface area contributed by atoms with Crippen LogP contribution in [0, 0.1) is 5.82 Å². The van der Waals surface area contributed by atoms with Gasteiger partial charge in [-0.15, -0.1) is 0 Å². The molecule has 0 aliphatic rings. The van der Waals surface area contributed by atoms with E-state index in [1.165, 1.54) is 23.1 Å². The molecule has 0 spiro atoms. The van der Waals surface area contributed by atoms with Gasteiger partial charge in [-0.05, 0) is 48.7 Å². The normalized spacial score (nSPS) is 12.5. The van der Waals surface area contributed by atoms with Gasteiger partial charge in [-0.3, -0.25) is 9.59 Å². The monoisotopic (exact) mass is 530 g/mol. The second-order valence-corrected chi connectivity index (χ2v) is 9.34. The van der Waals surface area contributed by atoms with Crippen LogP contribution < -0.4 is 10.1 Å². The maximum absolute atomic E-state index is 14.1. The van der Waals surface area contributed by atoms with Crippen LogP contribution in [0.3, 0.4) is 0 Å². The number of hydrogen-bond donors (Lipinski definition) is 1. The molecule has 2 amide bonds.